The molecule has 0 aliphatic carbocycles. The van der Waals surface area contributed by atoms with E-state index in [0.717, 1.165) is 70.6 Å². The Balaban J connectivity index is 4.41. The van der Waals surface area contributed by atoms with Gasteiger partial charge in [0.1, 0.15) is 13.2 Å². The molecule has 6 nitrogen and oxygen atoms in total. The van der Waals surface area contributed by atoms with Crippen molar-refractivity contribution in [3.63, 3.8) is 0 Å². The van der Waals surface area contributed by atoms with Crippen LogP contribution < -0.4 is 0 Å². The van der Waals surface area contributed by atoms with Crippen molar-refractivity contribution < 1.29 is 28.6 Å². The first-order valence-corrected chi connectivity index (χ1v) is 26.1. The van der Waals surface area contributed by atoms with Crippen molar-refractivity contribution >= 4 is 17.9 Å². The fourth-order valence-electron chi connectivity index (χ4n) is 7.33. The minimum absolute atomic E-state index is 0.0847. The average Bonchev–Trinajstić information content (AvgIpc) is 3.26. The number of ether oxygens (including phenoxy) is 3. The second kappa shape index (κ2) is 50.0. The van der Waals surface area contributed by atoms with Gasteiger partial charge in [-0.3, -0.25) is 14.4 Å². The number of hydrogen-bond acceptors (Lipinski definition) is 6. The highest BCUT2D eigenvalue weighted by Gasteiger charge is 2.19. The van der Waals surface area contributed by atoms with Gasteiger partial charge < -0.3 is 14.2 Å². The van der Waals surface area contributed by atoms with Gasteiger partial charge in [0.2, 0.25) is 0 Å². The second-order valence-corrected chi connectivity index (χ2v) is 17.4. The third-order valence-corrected chi connectivity index (χ3v) is 11.3. The first-order valence-electron chi connectivity index (χ1n) is 26.1. The zero-order valence-corrected chi connectivity index (χ0v) is 40.4. The van der Waals surface area contributed by atoms with Gasteiger partial charge in [0.05, 0.1) is 0 Å². The van der Waals surface area contributed by atoms with Crippen molar-refractivity contribution in [3.05, 3.63) is 48.6 Å². The number of hydrogen-bond donors (Lipinski definition) is 0. The number of carbonyl (C=O) groups excluding carboxylic acids is 3. The SMILES string of the molecule is CCCCC/C=C\C/C=C\C/C=C\CCCCC(=O)OC[C@H](COC(=O)CCCCCCCCCCCCC)OC(=O)CCCCCCCCC/C=C\CCCCCCCC. The Labute approximate surface area is 378 Å². The molecule has 0 unspecified atom stereocenters. The normalized spacial score (nSPS) is 12.4. The molecular weight excluding hydrogens is 757 g/mol. The lowest BCUT2D eigenvalue weighted by atomic mass is 10.1. The molecule has 354 valence electrons. The molecule has 0 aromatic rings. The lowest BCUT2D eigenvalue weighted by Crippen LogP contribution is -2.30. The Bertz CT molecular complexity index is 1070. The summed E-state index contributed by atoms with van der Waals surface area (Å²) in [6.07, 6.45) is 59.5. The summed E-state index contributed by atoms with van der Waals surface area (Å²) < 4.78 is 16.8. The van der Waals surface area contributed by atoms with E-state index in [1.165, 1.54) is 154 Å². The molecule has 61 heavy (non-hydrogen) atoms. The summed E-state index contributed by atoms with van der Waals surface area (Å²) in [5.74, 6) is -0.923. The van der Waals surface area contributed by atoms with E-state index in [-0.39, 0.29) is 31.1 Å². The van der Waals surface area contributed by atoms with Crippen LogP contribution >= 0.6 is 0 Å². The van der Waals surface area contributed by atoms with Crippen LogP contribution in [0.15, 0.2) is 48.6 Å². The number of rotatable bonds is 47. The molecule has 0 fully saturated rings. The maximum absolute atomic E-state index is 12.8. The van der Waals surface area contributed by atoms with Gasteiger partial charge in [0.25, 0.3) is 0 Å². The highest BCUT2D eigenvalue weighted by molar-refractivity contribution is 5.71. The second-order valence-electron chi connectivity index (χ2n) is 17.4. The fourth-order valence-corrected chi connectivity index (χ4v) is 7.33. The van der Waals surface area contributed by atoms with Crippen LogP contribution in [0.2, 0.25) is 0 Å². The molecule has 0 rings (SSSR count). The monoisotopic (exact) mass is 855 g/mol. The highest BCUT2D eigenvalue weighted by atomic mass is 16.6. The fraction of sp³-hybridized carbons (Fsp3) is 0.800. The predicted molar refractivity (Wildman–Crippen MR) is 261 cm³/mol. The third-order valence-electron chi connectivity index (χ3n) is 11.3. The largest absolute Gasteiger partial charge is 0.462 e. The number of carbonyl (C=O) groups is 3. The Hall–Kier alpha value is -2.63. The van der Waals surface area contributed by atoms with E-state index >= 15 is 0 Å². The molecule has 0 spiro atoms. The van der Waals surface area contributed by atoms with Gasteiger partial charge in [-0.2, -0.15) is 0 Å². The summed E-state index contributed by atoms with van der Waals surface area (Å²) in [6.45, 7) is 6.57. The number of esters is 3. The average molecular weight is 855 g/mol. The van der Waals surface area contributed by atoms with Crippen LogP contribution in [0, 0.1) is 0 Å². The molecule has 6 heteroatoms. The smallest absolute Gasteiger partial charge is 0.306 e. The van der Waals surface area contributed by atoms with Gasteiger partial charge in [-0.15, -0.1) is 0 Å². The Kier molecular flexibility index (Phi) is 47.9. The van der Waals surface area contributed by atoms with Crippen LogP contribution in [0.5, 0.6) is 0 Å². The zero-order chi connectivity index (χ0) is 44.4. The molecule has 0 radical (unpaired) electrons. The summed E-state index contributed by atoms with van der Waals surface area (Å²) in [6, 6.07) is 0. The lowest BCUT2D eigenvalue weighted by molar-refractivity contribution is -0.167. The van der Waals surface area contributed by atoms with Crippen molar-refractivity contribution in [1.82, 2.24) is 0 Å². The van der Waals surface area contributed by atoms with E-state index in [1.54, 1.807) is 0 Å². The van der Waals surface area contributed by atoms with Gasteiger partial charge in [-0.25, -0.2) is 0 Å². The molecule has 1 atom stereocenters. The van der Waals surface area contributed by atoms with Crippen molar-refractivity contribution in [1.29, 1.82) is 0 Å². The van der Waals surface area contributed by atoms with Crippen molar-refractivity contribution in [3.8, 4) is 0 Å². The van der Waals surface area contributed by atoms with Gasteiger partial charge in [0, 0.05) is 19.3 Å². The maximum atomic E-state index is 12.8. The van der Waals surface area contributed by atoms with E-state index in [2.05, 4.69) is 69.4 Å². The molecule has 0 heterocycles. The third kappa shape index (κ3) is 48.3. The molecule has 0 aliphatic rings. The van der Waals surface area contributed by atoms with E-state index in [0.29, 0.717) is 19.3 Å². The van der Waals surface area contributed by atoms with E-state index in [4.69, 9.17) is 14.2 Å². The lowest BCUT2D eigenvalue weighted by Gasteiger charge is -2.18. The Morgan fingerprint density at radius 1 is 0.328 bits per heavy atom. The van der Waals surface area contributed by atoms with Gasteiger partial charge >= 0.3 is 17.9 Å². The van der Waals surface area contributed by atoms with Crippen LogP contribution in [0.1, 0.15) is 265 Å². The number of allylic oxidation sites excluding steroid dienone is 8. The Morgan fingerprint density at radius 3 is 1.00 bits per heavy atom. The first-order chi connectivity index (χ1) is 30.0. The highest BCUT2D eigenvalue weighted by Crippen LogP contribution is 2.15. The van der Waals surface area contributed by atoms with Crippen LogP contribution in [-0.2, 0) is 28.6 Å². The summed E-state index contributed by atoms with van der Waals surface area (Å²) >= 11 is 0. The quantitative estimate of drug-likeness (QED) is 0.0263. The van der Waals surface area contributed by atoms with E-state index in [1.807, 2.05) is 0 Å². The molecule has 0 N–H and O–H groups in total. The van der Waals surface area contributed by atoms with Crippen LogP contribution in [0.4, 0.5) is 0 Å². The molecule has 0 aromatic heterocycles. The summed E-state index contributed by atoms with van der Waals surface area (Å²) in [5, 5.41) is 0. The van der Waals surface area contributed by atoms with Gasteiger partial charge in [0.15, 0.2) is 6.10 Å². The summed E-state index contributed by atoms with van der Waals surface area (Å²) in [5.41, 5.74) is 0. The van der Waals surface area contributed by atoms with Crippen molar-refractivity contribution in [2.24, 2.45) is 0 Å². The molecular formula is C55H98O6. The molecule has 0 bridgehead atoms. The van der Waals surface area contributed by atoms with Crippen LogP contribution in [-0.4, -0.2) is 37.2 Å². The standard InChI is InChI=1S/C55H98O6/c1-4-7-10-13-16-19-22-24-26-27-29-31-34-37-40-43-46-49-55(58)61-52(50-59-53(56)47-44-41-38-35-32-21-18-15-12-9-6-3)51-60-54(57)48-45-42-39-36-33-30-28-25-23-20-17-14-11-8-5-2/h17,20,24-26,28,33,36,52H,4-16,18-19,21-23,27,29-32,34-35,37-51H2,1-3H3/b20-17-,26-24-,28-25-,36-33-/t52-/m0/s1. The van der Waals surface area contributed by atoms with Crippen LogP contribution in [0.3, 0.4) is 0 Å². The van der Waals surface area contributed by atoms with E-state index in [9.17, 15) is 14.4 Å². The molecule has 0 aliphatic heterocycles. The summed E-state index contributed by atoms with van der Waals surface area (Å²) in [4.78, 5) is 37.9. The Morgan fingerprint density at radius 2 is 0.590 bits per heavy atom. The predicted octanol–water partition coefficient (Wildman–Crippen LogP) is 17.1. The van der Waals surface area contributed by atoms with Crippen LogP contribution in [0.25, 0.3) is 0 Å². The number of unbranched alkanes of at least 4 members (excludes halogenated alkanes) is 28. The van der Waals surface area contributed by atoms with Gasteiger partial charge in [-0.1, -0.05) is 211 Å². The molecule has 0 aromatic carbocycles. The minimum atomic E-state index is -0.787. The minimum Gasteiger partial charge on any atom is -0.462 e. The van der Waals surface area contributed by atoms with Crippen molar-refractivity contribution in [2.45, 2.75) is 271 Å². The topological polar surface area (TPSA) is 78.9 Å². The summed E-state index contributed by atoms with van der Waals surface area (Å²) in [7, 11) is 0. The zero-order valence-electron chi connectivity index (χ0n) is 40.4. The van der Waals surface area contributed by atoms with E-state index < -0.39 is 6.10 Å². The first kappa shape index (κ1) is 58.4. The molecule has 0 saturated heterocycles. The molecule has 0 amide bonds. The maximum Gasteiger partial charge on any atom is 0.306 e. The van der Waals surface area contributed by atoms with Gasteiger partial charge in [-0.05, 0) is 83.5 Å². The molecule has 0 saturated carbocycles. The van der Waals surface area contributed by atoms with Crippen molar-refractivity contribution in [2.75, 3.05) is 13.2 Å².